The number of hydrogen-bond acceptors (Lipinski definition) is 0. The molecule has 4 aliphatic carbocycles. The van der Waals surface area contributed by atoms with Gasteiger partial charge in [-0.15, -0.1) is 0 Å². The van der Waals surface area contributed by atoms with Gasteiger partial charge in [-0.3, -0.25) is 0 Å². The van der Waals surface area contributed by atoms with Gasteiger partial charge in [-0.25, -0.2) is 0 Å². The van der Waals surface area contributed by atoms with E-state index in [0.717, 1.165) is 12.8 Å². The molecular weight excluding hydrogens is 823 g/mol. The number of fused-ring (bicyclic) bond motifs is 5. The van der Waals surface area contributed by atoms with Gasteiger partial charge in [0.25, 0.3) is 0 Å². The van der Waals surface area contributed by atoms with Crippen LogP contribution in [0.15, 0.2) is 103 Å². The topological polar surface area (TPSA) is 0 Å². The number of rotatable bonds is 4. The van der Waals surface area contributed by atoms with Gasteiger partial charge in [0.2, 0.25) is 0 Å². The summed E-state index contributed by atoms with van der Waals surface area (Å²) in [4.78, 5) is 0. The fourth-order valence-corrected chi connectivity index (χ4v) is 19.9. The maximum atomic E-state index is 2.67. The van der Waals surface area contributed by atoms with Gasteiger partial charge >= 0.3 is 349 Å². The van der Waals surface area contributed by atoms with Gasteiger partial charge in [0.15, 0.2) is 0 Å². The van der Waals surface area contributed by atoms with Crippen LogP contribution in [-0.2, 0) is 38.5 Å². The predicted molar refractivity (Wildman–Crippen MR) is 240 cm³/mol. The van der Waals surface area contributed by atoms with Crippen LogP contribution in [0.1, 0.15) is 152 Å². The van der Waals surface area contributed by atoms with Gasteiger partial charge in [0, 0.05) is 0 Å². The van der Waals surface area contributed by atoms with E-state index < -0.39 is 21.3 Å². The average Bonchev–Trinajstić information content (AvgIpc) is 3.84. The van der Waals surface area contributed by atoms with Crippen molar-refractivity contribution >= 4 is 14.4 Å². The Bertz CT molecular complexity index is 2440. The van der Waals surface area contributed by atoms with E-state index in [-0.39, 0.29) is 51.9 Å². The standard InChI is InChI=1S/C31H37.C15H14.C9H13.2ClH.Zr/c1-28(2,3)26-16-30(7,8)24-12-18-11-19-13-25-23(15-21(19)20(18)14-22(24)26)27(29(4,5)6)17-31(25,9)10;1-12-3-7-14(8-4-12)11-15-9-5-13(2)6-10-15;1-9(2,3)8-6-4-5-7-8;;;/h12-16H,11H2,1-10H3;3-10H,1-2H3;6-7H,4H2,1-3H3;2*1H;/q;;;;;+2/p-2. The fraction of sp³-hybridized carbons (Fsp3) is 0.400. The minimum atomic E-state index is -2.97. The van der Waals surface area contributed by atoms with Crippen LogP contribution < -0.4 is 24.8 Å². The van der Waals surface area contributed by atoms with Crippen LogP contribution in [0.4, 0.5) is 0 Å². The van der Waals surface area contributed by atoms with Crippen molar-refractivity contribution in [3.63, 3.8) is 0 Å². The third-order valence-corrected chi connectivity index (χ3v) is 21.7. The molecule has 0 nitrogen and oxygen atoms in total. The summed E-state index contributed by atoms with van der Waals surface area (Å²) < 4.78 is 5.10. The molecule has 0 unspecified atom stereocenters. The summed E-state index contributed by atoms with van der Waals surface area (Å²) in [5.74, 6) is 0. The van der Waals surface area contributed by atoms with Crippen LogP contribution in [0.2, 0.25) is 0 Å². The molecule has 0 amide bonds. The van der Waals surface area contributed by atoms with E-state index in [1.165, 1.54) is 72.3 Å². The predicted octanol–water partition coefficient (Wildman–Crippen LogP) is 8.80. The van der Waals surface area contributed by atoms with Crippen LogP contribution in [0.25, 0.3) is 22.3 Å². The smallest absolute Gasteiger partial charge is 1.00 e. The number of allylic oxidation sites excluding steroid dienone is 8. The minimum absolute atomic E-state index is 0. The quantitative estimate of drug-likeness (QED) is 0.170. The summed E-state index contributed by atoms with van der Waals surface area (Å²) in [6.45, 7) is 36.2. The van der Waals surface area contributed by atoms with E-state index in [1.807, 2.05) is 0 Å². The molecule has 4 aromatic rings. The molecule has 4 aromatic carbocycles. The molecule has 0 saturated carbocycles. The first-order chi connectivity index (χ1) is 26.0. The van der Waals surface area contributed by atoms with E-state index in [1.54, 1.807) is 20.9 Å². The Morgan fingerprint density at radius 3 is 1.55 bits per heavy atom. The van der Waals surface area contributed by atoms with Crippen molar-refractivity contribution in [2.24, 2.45) is 16.2 Å². The molecule has 8 rings (SSSR count). The number of halogens is 2. The molecular formula is C55H64Cl2Zr. The average molecular weight is 887 g/mol. The number of aryl methyl sites for hydroxylation is 2. The summed E-state index contributed by atoms with van der Waals surface area (Å²) >= 11 is -2.97. The van der Waals surface area contributed by atoms with E-state index >= 15 is 0 Å². The normalized spacial score (nSPS) is 17.2. The first-order valence-electron chi connectivity index (χ1n) is 21.1. The van der Waals surface area contributed by atoms with Crippen molar-refractivity contribution in [3.8, 4) is 11.1 Å². The Hall–Kier alpha value is -2.83. The molecule has 0 spiro atoms. The van der Waals surface area contributed by atoms with Crippen molar-refractivity contribution in [3.05, 3.63) is 159 Å². The van der Waals surface area contributed by atoms with Crippen molar-refractivity contribution in [2.75, 3.05) is 0 Å². The third-order valence-electron chi connectivity index (χ3n) is 13.3. The molecule has 302 valence electrons. The number of benzene rings is 4. The van der Waals surface area contributed by atoms with Crippen LogP contribution in [0.5, 0.6) is 0 Å². The molecule has 4 aliphatic rings. The fourth-order valence-electron chi connectivity index (χ4n) is 10.3. The summed E-state index contributed by atoms with van der Waals surface area (Å²) in [7, 11) is 0. The van der Waals surface area contributed by atoms with Crippen LogP contribution in [0, 0.1) is 30.1 Å². The monoisotopic (exact) mass is 884 g/mol. The molecule has 0 N–H and O–H groups in total. The Labute approximate surface area is 371 Å². The van der Waals surface area contributed by atoms with Gasteiger partial charge in [-0.2, -0.15) is 0 Å². The van der Waals surface area contributed by atoms with Gasteiger partial charge in [-0.05, 0) is 0 Å². The first kappa shape index (κ1) is 44.7. The zero-order valence-corrected chi connectivity index (χ0v) is 41.8. The molecule has 0 atom stereocenters. The summed E-state index contributed by atoms with van der Waals surface area (Å²) in [6, 6.07) is 29.5. The van der Waals surface area contributed by atoms with Gasteiger partial charge in [-0.1, -0.05) is 0 Å². The maximum absolute atomic E-state index is 2.97. The molecule has 0 radical (unpaired) electrons. The van der Waals surface area contributed by atoms with E-state index in [0.29, 0.717) is 0 Å². The summed E-state index contributed by atoms with van der Waals surface area (Å²) in [5.41, 5.74) is 22.1. The SMILES string of the molecule is Cc1ccc([C](c2ccc(C)cc2)=[Zr+2]([C]2=CC(C(C)(C)C)=CC2)[C]2=C(C(C)(C)C)c3cc4c(cc3C2(C)C)Cc2cc3c(cc2-4)C(C(C)(C)C)=CC3(C)C)cc1.[Cl-].[Cl-]. The minimum Gasteiger partial charge on any atom is -1.00 e. The summed E-state index contributed by atoms with van der Waals surface area (Å²) in [5, 5.41) is 0. The zero-order valence-electron chi connectivity index (χ0n) is 37.8. The second-order valence-electron chi connectivity index (χ2n) is 21.7. The zero-order chi connectivity index (χ0) is 40.5. The van der Waals surface area contributed by atoms with E-state index in [4.69, 9.17) is 0 Å². The molecule has 0 bridgehead atoms. The Morgan fingerprint density at radius 1 is 0.586 bits per heavy atom. The number of hydrogen-bond donors (Lipinski definition) is 0. The van der Waals surface area contributed by atoms with Crippen molar-refractivity contribution < 1.29 is 46.1 Å². The second kappa shape index (κ2) is 15.0. The van der Waals surface area contributed by atoms with E-state index in [2.05, 4.69) is 195 Å². The van der Waals surface area contributed by atoms with Crippen molar-refractivity contribution in [2.45, 2.75) is 128 Å². The van der Waals surface area contributed by atoms with Crippen molar-refractivity contribution in [1.29, 1.82) is 0 Å². The molecule has 58 heavy (non-hydrogen) atoms. The first-order valence-corrected chi connectivity index (χ1v) is 24.8. The van der Waals surface area contributed by atoms with Crippen molar-refractivity contribution in [1.82, 2.24) is 0 Å². The van der Waals surface area contributed by atoms with Gasteiger partial charge < -0.3 is 24.8 Å². The second-order valence-corrected chi connectivity index (χ2v) is 27.6. The molecule has 0 fully saturated rings. The molecule has 0 aromatic heterocycles. The molecule has 0 aliphatic heterocycles. The Balaban J connectivity index is 0.00000283. The maximum Gasteiger partial charge on any atom is -1.00 e. The molecule has 3 heteroatoms. The molecule has 0 saturated heterocycles. The summed E-state index contributed by atoms with van der Waals surface area (Å²) in [6.07, 6.45) is 9.86. The largest absolute Gasteiger partial charge is 1.00 e. The van der Waals surface area contributed by atoms with Gasteiger partial charge in [0.1, 0.15) is 0 Å². The van der Waals surface area contributed by atoms with Crippen LogP contribution in [-0.4, -0.2) is 3.21 Å². The molecule has 0 heterocycles. The van der Waals surface area contributed by atoms with E-state index in [9.17, 15) is 0 Å². The van der Waals surface area contributed by atoms with Crippen LogP contribution >= 0.6 is 0 Å². The Kier molecular flexibility index (Phi) is 11.5. The van der Waals surface area contributed by atoms with Gasteiger partial charge in [0.05, 0.1) is 0 Å². The Morgan fingerprint density at radius 2 is 1.09 bits per heavy atom. The van der Waals surface area contributed by atoms with Crippen LogP contribution in [0.3, 0.4) is 0 Å². The third kappa shape index (κ3) is 7.47.